The van der Waals surface area contributed by atoms with Crippen LogP contribution in [0.1, 0.15) is 10.4 Å². The molecule has 0 aliphatic heterocycles. The Morgan fingerprint density at radius 1 is 0.931 bits per heavy atom. The fourth-order valence-corrected chi connectivity index (χ4v) is 3.38. The maximum Gasteiger partial charge on any atom is 0.335 e. The number of anilines is 1. The summed E-state index contributed by atoms with van der Waals surface area (Å²) in [5.41, 5.74) is -0.0176. The van der Waals surface area contributed by atoms with Crippen LogP contribution >= 0.6 is 0 Å². The van der Waals surface area contributed by atoms with Gasteiger partial charge in [0.2, 0.25) is 21.7 Å². The van der Waals surface area contributed by atoms with Gasteiger partial charge in [-0.15, -0.1) is 0 Å². The van der Waals surface area contributed by atoms with Crippen molar-refractivity contribution < 1.29 is 45.1 Å². The molecule has 2 aromatic carbocycles. The van der Waals surface area contributed by atoms with Crippen LogP contribution in [-0.2, 0) is 14.8 Å². The molecule has 0 aliphatic carbocycles. The van der Waals surface area contributed by atoms with Crippen LogP contribution in [0.5, 0.6) is 0 Å². The highest BCUT2D eigenvalue weighted by molar-refractivity contribution is 7.89. The molecular weight excluding hydrogens is 427 g/mol. The van der Waals surface area contributed by atoms with Crippen LogP contribution < -0.4 is 5.32 Å². The third kappa shape index (κ3) is 4.35. The van der Waals surface area contributed by atoms with Crippen LogP contribution in [0.4, 0.5) is 27.6 Å². The van der Waals surface area contributed by atoms with E-state index in [1.54, 1.807) is 0 Å². The number of nitrogens with zero attached hydrogens (tertiary/aromatic N) is 1. The van der Waals surface area contributed by atoms with Crippen molar-refractivity contribution in [1.29, 1.82) is 0 Å². The van der Waals surface area contributed by atoms with Gasteiger partial charge in [0.1, 0.15) is 0 Å². The van der Waals surface area contributed by atoms with Gasteiger partial charge in [0.25, 0.3) is 0 Å². The van der Waals surface area contributed by atoms with Crippen LogP contribution in [0.3, 0.4) is 0 Å². The average molecular weight is 438 g/mol. The minimum Gasteiger partial charge on any atom is -0.478 e. The van der Waals surface area contributed by atoms with E-state index in [1.807, 2.05) is 0 Å². The highest BCUT2D eigenvalue weighted by atomic mass is 32.2. The summed E-state index contributed by atoms with van der Waals surface area (Å²) in [7, 11) is -4.57. The Kier molecular flexibility index (Phi) is 6.23. The molecule has 0 saturated heterocycles. The molecule has 0 fully saturated rings. The summed E-state index contributed by atoms with van der Waals surface area (Å²) >= 11 is 0. The molecule has 0 atom stereocenters. The molecule has 1 amide bonds. The van der Waals surface area contributed by atoms with E-state index in [0.29, 0.717) is 7.05 Å². The first-order valence-corrected chi connectivity index (χ1v) is 8.93. The highest BCUT2D eigenvalue weighted by Gasteiger charge is 2.36. The molecule has 0 unspecified atom stereocenters. The molecule has 2 rings (SSSR count). The Balaban J connectivity index is 2.25. The van der Waals surface area contributed by atoms with Crippen molar-refractivity contribution in [2.75, 3.05) is 18.9 Å². The van der Waals surface area contributed by atoms with Crippen molar-refractivity contribution in [3.05, 3.63) is 58.9 Å². The van der Waals surface area contributed by atoms with Crippen LogP contribution in [0.15, 0.2) is 29.2 Å². The molecule has 0 bridgehead atoms. The monoisotopic (exact) mass is 438 g/mol. The zero-order valence-electron chi connectivity index (χ0n) is 14.3. The molecule has 2 aromatic rings. The number of carboxylic acids is 1. The van der Waals surface area contributed by atoms with E-state index in [9.17, 15) is 40.0 Å². The van der Waals surface area contributed by atoms with Crippen molar-refractivity contribution in [2.24, 2.45) is 0 Å². The zero-order chi connectivity index (χ0) is 22.1. The molecule has 7 nitrogen and oxygen atoms in total. The van der Waals surface area contributed by atoms with Crippen LogP contribution in [-0.4, -0.2) is 43.3 Å². The first-order valence-electron chi connectivity index (χ1n) is 7.49. The SMILES string of the molecule is CN(CC(=O)Nc1ccc(C(=O)O)cc1)S(=O)(=O)c1c(F)c(F)c(F)c(F)c1F. The van der Waals surface area contributed by atoms with E-state index in [2.05, 4.69) is 5.32 Å². The molecule has 0 spiro atoms. The van der Waals surface area contributed by atoms with Crippen LogP contribution in [0.25, 0.3) is 0 Å². The summed E-state index contributed by atoms with van der Waals surface area (Å²) in [6.45, 7) is -1.04. The van der Waals surface area contributed by atoms with E-state index >= 15 is 0 Å². The maximum atomic E-state index is 13.8. The van der Waals surface area contributed by atoms with Crippen LogP contribution in [0, 0.1) is 29.1 Å². The number of amides is 1. The number of halogens is 5. The lowest BCUT2D eigenvalue weighted by Gasteiger charge is -2.18. The Bertz CT molecular complexity index is 1060. The van der Waals surface area contributed by atoms with Gasteiger partial charge in [-0.1, -0.05) is 0 Å². The fourth-order valence-electron chi connectivity index (χ4n) is 2.15. The minimum atomic E-state index is -5.27. The third-order valence-electron chi connectivity index (χ3n) is 3.62. The molecule has 13 heteroatoms. The topological polar surface area (TPSA) is 104 Å². The van der Waals surface area contributed by atoms with Gasteiger partial charge in [-0.2, -0.15) is 4.31 Å². The number of benzene rings is 2. The Hall–Kier alpha value is -3.06. The van der Waals surface area contributed by atoms with Crippen molar-refractivity contribution in [1.82, 2.24) is 4.31 Å². The van der Waals surface area contributed by atoms with E-state index in [-0.39, 0.29) is 15.6 Å². The molecule has 0 saturated carbocycles. The fraction of sp³-hybridized carbons (Fsp3) is 0.125. The van der Waals surface area contributed by atoms with E-state index in [0.717, 1.165) is 12.1 Å². The predicted octanol–water partition coefficient (Wildman–Crippen LogP) is 2.34. The summed E-state index contributed by atoms with van der Waals surface area (Å²) < 4.78 is 91.7. The number of hydrogen-bond donors (Lipinski definition) is 2. The standard InChI is InChI=1S/C16H11F5N2O5S/c1-23(6-9(24)22-8-4-2-7(3-5-8)16(25)26)29(27,28)15-13(20)11(18)10(17)12(19)14(15)21/h2-5H,6H2,1H3,(H,22,24)(H,25,26). The lowest BCUT2D eigenvalue weighted by molar-refractivity contribution is -0.116. The Labute approximate surface area is 160 Å². The number of hydrogen-bond acceptors (Lipinski definition) is 4. The molecule has 0 heterocycles. The van der Waals surface area contributed by atoms with Crippen LogP contribution in [0.2, 0.25) is 0 Å². The molecule has 29 heavy (non-hydrogen) atoms. The van der Waals surface area contributed by atoms with E-state index in [4.69, 9.17) is 5.11 Å². The van der Waals surface area contributed by atoms with Gasteiger partial charge >= 0.3 is 5.97 Å². The smallest absolute Gasteiger partial charge is 0.335 e. The number of likely N-dealkylation sites (N-methyl/N-ethyl adjacent to an activating group) is 1. The molecular formula is C16H11F5N2O5S. The van der Waals surface area contributed by atoms with Gasteiger partial charge in [-0.3, -0.25) is 4.79 Å². The molecule has 0 aliphatic rings. The number of rotatable bonds is 6. The third-order valence-corrected chi connectivity index (χ3v) is 5.44. The number of nitrogens with one attached hydrogen (secondary N) is 1. The number of aromatic carboxylic acids is 1. The van der Waals surface area contributed by atoms with Gasteiger partial charge in [-0.25, -0.2) is 35.2 Å². The van der Waals surface area contributed by atoms with Crippen molar-refractivity contribution in [3.63, 3.8) is 0 Å². The molecule has 0 aromatic heterocycles. The summed E-state index contributed by atoms with van der Waals surface area (Å²) in [4.78, 5) is 20.6. The summed E-state index contributed by atoms with van der Waals surface area (Å²) in [5.74, 6) is -14.8. The van der Waals surface area contributed by atoms with Crippen molar-refractivity contribution in [3.8, 4) is 0 Å². The second-order valence-electron chi connectivity index (χ2n) is 5.59. The second-order valence-corrected chi connectivity index (χ2v) is 7.57. The van der Waals surface area contributed by atoms with E-state index < -0.39 is 62.4 Å². The van der Waals surface area contributed by atoms with E-state index in [1.165, 1.54) is 12.1 Å². The Morgan fingerprint density at radius 2 is 1.38 bits per heavy atom. The lowest BCUT2D eigenvalue weighted by atomic mass is 10.2. The number of carbonyl (C=O) groups excluding carboxylic acids is 1. The molecule has 156 valence electrons. The lowest BCUT2D eigenvalue weighted by Crippen LogP contribution is -2.36. The van der Waals surface area contributed by atoms with Gasteiger partial charge in [0.05, 0.1) is 12.1 Å². The largest absolute Gasteiger partial charge is 0.478 e. The van der Waals surface area contributed by atoms with Crippen molar-refractivity contribution in [2.45, 2.75) is 4.90 Å². The Morgan fingerprint density at radius 3 is 1.83 bits per heavy atom. The number of carboxylic acid groups (broad SMARTS) is 1. The summed E-state index contributed by atoms with van der Waals surface area (Å²) in [5, 5.41) is 11.0. The maximum absolute atomic E-state index is 13.8. The van der Waals surface area contributed by atoms with Gasteiger partial charge in [-0.05, 0) is 24.3 Å². The zero-order valence-corrected chi connectivity index (χ0v) is 15.2. The first kappa shape index (κ1) is 22.2. The molecule has 2 N–H and O–H groups in total. The predicted molar refractivity (Wildman–Crippen MR) is 88.1 cm³/mol. The normalized spacial score (nSPS) is 11.6. The average Bonchev–Trinajstić information content (AvgIpc) is 2.65. The van der Waals surface area contributed by atoms with Crippen molar-refractivity contribution >= 4 is 27.6 Å². The van der Waals surface area contributed by atoms with Gasteiger partial charge in [0.15, 0.2) is 28.2 Å². The van der Waals surface area contributed by atoms with Gasteiger partial charge < -0.3 is 10.4 Å². The number of carbonyl (C=O) groups is 2. The summed E-state index contributed by atoms with van der Waals surface area (Å²) in [6, 6.07) is 4.68. The molecule has 0 radical (unpaired) electrons. The summed E-state index contributed by atoms with van der Waals surface area (Å²) in [6.07, 6.45) is 0. The first-order chi connectivity index (χ1) is 13.4. The number of sulfonamides is 1. The minimum absolute atomic E-state index is 0.0713. The van der Waals surface area contributed by atoms with Gasteiger partial charge in [0, 0.05) is 12.7 Å². The highest BCUT2D eigenvalue weighted by Crippen LogP contribution is 2.28. The quantitative estimate of drug-likeness (QED) is 0.409. The second kappa shape index (κ2) is 8.13.